The molecule has 0 saturated carbocycles. The van der Waals surface area contributed by atoms with Gasteiger partial charge in [0.2, 0.25) is 0 Å². The van der Waals surface area contributed by atoms with Gasteiger partial charge in [-0.1, -0.05) is 36.4 Å². The molecule has 88 valence electrons. The Balaban J connectivity index is 2.42. The normalized spacial score (nSPS) is 10.7. The zero-order chi connectivity index (χ0) is 12.5. The lowest BCUT2D eigenvalue weighted by Crippen LogP contribution is -1.91. The average molecular weight is 235 g/mol. The van der Waals surface area contributed by atoms with Crippen LogP contribution in [0.15, 0.2) is 54.7 Å². The highest BCUT2D eigenvalue weighted by Crippen LogP contribution is 2.31. The summed E-state index contributed by atoms with van der Waals surface area (Å²) < 4.78 is 1.95. The average Bonchev–Trinajstić information content (AvgIpc) is 2.73. The number of carbonyl (C=O) groups is 1. The van der Waals surface area contributed by atoms with Crippen LogP contribution < -0.4 is 0 Å². The van der Waals surface area contributed by atoms with E-state index in [1.54, 1.807) is 0 Å². The smallest absolute Gasteiger partial charge is 0.167 e. The zero-order valence-corrected chi connectivity index (χ0v) is 10.1. The van der Waals surface area contributed by atoms with Gasteiger partial charge in [0.25, 0.3) is 0 Å². The Bertz CT molecular complexity index is 711. The van der Waals surface area contributed by atoms with E-state index in [0.717, 1.165) is 28.5 Å². The van der Waals surface area contributed by atoms with Gasteiger partial charge in [-0.2, -0.15) is 0 Å². The molecular weight excluding hydrogens is 222 g/mol. The van der Waals surface area contributed by atoms with Crippen molar-refractivity contribution in [1.29, 1.82) is 0 Å². The van der Waals surface area contributed by atoms with Gasteiger partial charge < -0.3 is 4.40 Å². The van der Waals surface area contributed by atoms with Crippen LogP contribution in [0.1, 0.15) is 16.1 Å². The summed E-state index contributed by atoms with van der Waals surface area (Å²) in [6.07, 6.45) is 2.86. The van der Waals surface area contributed by atoms with Crippen LogP contribution in [0, 0.1) is 6.92 Å². The maximum atomic E-state index is 11.4. The van der Waals surface area contributed by atoms with Gasteiger partial charge in [0, 0.05) is 17.3 Å². The Morgan fingerprint density at radius 3 is 2.44 bits per heavy atom. The zero-order valence-electron chi connectivity index (χ0n) is 10.1. The predicted octanol–water partition coefficient (Wildman–Crippen LogP) is 3.73. The van der Waals surface area contributed by atoms with Crippen molar-refractivity contribution in [3.8, 4) is 11.1 Å². The number of hydrogen-bond donors (Lipinski definition) is 0. The quantitative estimate of drug-likeness (QED) is 0.620. The van der Waals surface area contributed by atoms with E-state index in [0.29, 0.717) is 5.69 Å². The van der Waals surface area contributed by atoms with Crippen molar-refractivity contribution in [2.45, 2.75) is 6.92 Å². The number of aromatic nitrogens is 1. The Kier molecular flexibility index (Phi) is 2.49. The summed E-state index contributed by atoms with van der Waals surface area (Å²) in [4.78, 5) is 11.4. The number of rotatable bonds is 2. The number of aldehydes is 1. The second-order valence-corrected chi connectivity index (χ2v) is 4.32. The summed E-state index contributed by atoms with van der Waals surface area (Å²) in [7, 11) is 0. The molecule has 0 saturated heterocycles. The molecule has 0 N–H and O–H groups in total. The third-order valence-electron chi connectivity index (χ3n) is 3.31. The van der Waals surface area contributed by atoms with E-state index in [-0.39, 0.29) is 0 Å². The molecule has 0 fully saturated rings. The van der Waals surface area contributed by atoms with Crippen molar-refractivity contribution >= 4 is 11.8 Å². The molecule has 0 radical (unpaired) electrons. The van der Waals surface area contributed by atoms with Crippen molar-refractivity contribution in [1.82, 2.24) is 4.40 Å². The largest absolute Gasteiger partial charge is 0.313 e. The van der Waals surface area contributed by atoms with Gasteiger partial charge in [-0.05, 0) is 30.2 Å². The van der Waals surface area contributed by atoms with Gasteiger partial charge in [0.05, 0.1) is 5.69 Å². The van der Waals surface area contributed by atoms with Crippen LogP contribution in [0.25, 0.3) is 16.6 Å². The fraction of sp³-hybridized carbons (Fsp3) is 0.0625. The molecule has 0 unspecified atom stereocenters. The summed E-state index contributed by atoms with van der Waals surface area (Å²) in [5, 5.41) is 0. The SMILES string of the molecule is Cc1c(-c2ccccc2)c(C=O)n2ccccc12. The maximum Gasteiger partial charge on any atom is 0.167 e. The van der Waals surface area contributed by atoms with E-state index < -0.39 is 0 Å². The highest BCUT2D eigenvalue weighted by atomic mass is 16.1. The third kappa shape index (κ3) is 1.46. The maximum absolute atomic E-state index is 11.4. The van der Waals surface area contributed by atoms with Crippen LogP contribution in [0.4, 0.5) is 0 Å². The standard InChI is InChI=1S/C16H13NO/c1-12-14-9-5-6-10-17(14)15(11-18)16(12)13-7-3-2-4-8-13/h2-11H,1H3. The van der Waals surface area contributed by atoms with E-state index >= 15 is 0 Å². The molecule has 2 heteroatoms. The molecule has 3 aromatic rings. The van der Waals surface area contributed by atoms with Crippen LogP contribution >= 0.6 is 0 Å². The minimum atomic E-state index is 0.717. The number of hydrogen-bond acceptors (Lipinski definition) is 1. The molecular formula is C16H13NO. The monoisotopic (exact) mass is 235 g/mol. The Morgan fingerprint density at radius 1 is 1.00 bits per heavy atom. The molecule has 0 aliphatic heterocycles. The van der Waals surface area contributed by atoms with Crippen molar-refractivity contribution in [2.75, 3.05) is 0 Å². The van der Waals surface area contributed by atoms with E-state index in [1.807, 2.05) is 59.1 Å². The first-order chi connectivity index (χ1) is 8.83. The van der Waals surface area contributed by atoms with E-state index in [9.17, 15) is 4.79 Å². The Hall–Kier alpha value is -2.35. The highest BCUT2D eigenvalue weighted by molar-refractivity contribution is 5.92. The highest BCUT2D eigenvalue weighted by Gasteiger charge is 2.15. The fourth-order valence-corrected chi connectivity index (χ4v) is 2.48. The number of aryl methyl sites for hydroxylation is 1. The second kappa shape index (κ2) is 4.15. The van der Waals surface area contributed by atoms with Gasteiger partial charge in [0.15, 0.2) is 6.29 Å². The van der Waals surface area contributed by atoms with Gasteiger partial charge in [-0.3, -0.25) is 4.79 Å². The fourth-order valence-electron chi connectivity index (χ4n) is 2.48. The minimum Gasteiger partial charge on any atom is -0.313 e. The Labute approximate surface area is 105 Å². The lowest BCUT2D eigenvalue weighted by molar-refractivity contribution is 0.111. The van der Waals surface area contributed by atoms with Gasteiger partial charge in [-0.25, -0.2) is 0 Å². The van der Waals surface area contributed by atoms with E-state index in [2.05, 4.69) is 6.92 Å². The molecule has 0 spiro atoms. The van der Waals surface area contributed by atoms with Gasteiger partial charge in [0.1, 0.15) is 0 Å². The van der Waals surface area contributed by atoms with Gasteiger partial charge in [-0.15, -0.1) is 0 Å². The number of fused-ring (bicyclic) bond motifs is 1. The lowest BCUT2D eigenvalue weighted by Gasteiger charge is -2.01. The first-order valence-corrected chi connectivity index (χ1v) is 5.93. The van der Waals surface area contributed by atoms with Crippen LogP contribution in [0.2, 0.25) is 0 Å². The number of nitrogens with zero attached hydrogens (tertiary/aromatic N) is 1. The first-order valence-electron chi connectivity index (χ1n) is 5.93. The first kappa shape index (κ1) is 10.8. The summed E-state index contributed by atoms with van der Waals surface area (Å²) in [6.45, 7) is 2.06. The molecule has 2 heterocycles. The summed E-state index contributed by atoms with van der Waals surface area (Å²) in [5.74, 6) is 0. The number of pyridine rings is 1. The molecule has 2 nitrogen and oxygen atoms in total. The number of carbonyl (C=O) groups excluding carboxylic acids is 1. The van der Waals surface area contributed by atoms with Crippen molar-refractivity contribution in [3.63, 3.8) is 0 Å². The Morgan fingerprint density at radius 2 is 1.72 bits per heavy atom. The molecule has 3 rings (SSSR count). The molecule has 2 aromatic heterocycles. The second-order valence-electron chi connectivity index (χ2n) is 4.32. The lowest BCUT2D eigenvalue weighted by atomic mass is 10.0. The van der Waals surface area contributed by atoms with Crippen molar-refractivity contribution < 1.29 is 4.79 Å². The van der Waals surface area contributed by atoms with Crippen LogP contribution in [-0.2, 0) is 0 Å². The molecule has 0 bridgehead atoms. The summed E-state index contributed by atoms with van der Waals surface area (Å²) >= 11 is 0. The molecule has 0 aliphatic rings. The van der Waals surface area contributed by atoms with Gasteiger partial charge >= 0.3 is 0 Å². The summed E-state index contributed by atoms with van der Waals surface area (Å²) in [5.41, 5.74) is 5.05. The third-order valence-corrected chi connectivity index (χ3v) is 3.31. The molecule has 18 heavy (non-hydrogen) atoms. The van der Waals surface area contributed by atoms with Crippen molar-refractivity contribution in [3.05, 3.63) is 66.0 Å². The van der Waals surface area contributed by atoms with E-state index in [4.69, 9.17) is 0 Å². The molecule has 1 aromatic carbocycles. The number of benzene rings is 1. The molecule has 0 aliphatic carbocycles. The van der Waals surface area contributed by atoms with Crippen LogP contribution in [0.5, 0.6) is 0 Å². The molecule has 0 amide bonds. The predicted molar refractivity (Wildman–Crippen MR) is 73.0 cm³/mol. The van der Waals surface area contributed by atoms with E-state index in [1.165, 1.54) is 0 Å². The topological polar surface area (TPSA) is 21.5 Å². The summed E-state index contributed by atoms with van der Waals surface area (Å²) in [6, 6.07) is 16.0. The van der Waals surface area contributed by atoms with Crippen LogP contribution in [-0.4, -0.2) is 10.7 Å². The van der Waals surface area contributed by atoms with Crippen molar-refractivity contribution in [2.24, 2.45) is 0 Å². The minimum absolute atomic E-state index is 0.717. The molecule has 0 atom stereocenters. The van der Waals surface area contributed by atoms with Crippen LogP contribution in [0.3, 0.4) is 0 Å².